The van der Waals surface area contributed by atoms with E-state index in [-0.39, 0.29) is 22.2 Å². The first kappa shape index (κ1) is 24.7. The first-order valence-electron chi connectivity index (χ1n) is 11.5. The number of nitrogens with zero attached hydrogens (tertiary/aromatic N) is 2. The van der Waals surface area contributed by atoms with Crippen molar-refractivity contribution in [3.63, 3.8) is 0 Å². The molecule has 1 aliphatic rings. The largest absolute Gasteiger partial charge is 0.338 e. The predicted molar refractivity (Wildman–Crippen MR) is 142 cm³/mol. The van der Waals surface area contributed by atoms with Gasteiger partial charge in [-0.25, -0.2) is 13.1 Å². The molecule has 0 atom stereocenters. The summed E-state index contributed by atoms with van der Waals surface area (Å²) in [6, 6.07) is 19.5. The Balaban J connectivity index is 1.34. The molecule has 3 aromatic carbocycles. The van der Waals surface area contributed by atoms with E-state index in [9.17, 15) is 18.0 Å². The van der Waals surface area contributed by atoms with Gasteiger partial charge in [0.25, 0.3) is 0 Å². The zero-order chi connectivity index (χ0) is 25.3. The number of fused-ring (bicyclic) bond motifs is 1. The summed E-state index contributed by atoms with van der Waals surface area (Å²) in [6.07, 6.45) is 1.41. The van der Waals surface area contributed by atoms with Crippen LogP contribution in [0.3, 0.4) is 0 Å². The van der Waals surface area contributed by atoms with E-state index in [4.69, 9.17) is 11.6 Å². The van der Waals surface area contributed by atoms with Crippen molar-refractivity contribution in [2.24, 2.45) is 0 Å². The topological polar surface area (TPSA) is 88.5 Å². The van der Waals surface area contributed by atoms with E-state index in [1.807, 2.05) is 36.4 Å². The third-order valence-electron chi connectivity index (χ3n) is 6.31. The van der Waals surface area contributed by atoms with Gasteiger partial charge in [-0.15, -0.1) is 0 Å². The van der Waals surface area contributed by atoms with Crippen LogP contribution in [0.15, 0.2) is 76.4 Å². The molecule has 0 unspecified atom stereocenters. The summed E-state index contributed by atoms with van der Waals surface area (Å²) in [6.45, 7) is 1.67. The third-order valence-corrected chi connectivity index (χ3v) is 8.90. The van der Waals surface area contributed by atoms with Gasteiger partial charge < -0.3 is 4.90 Å². The smallest absolute Gasteiger partial charge is 0.308 e. The predicted octanol–water partition coefficient (Wildman–Crippen LogP) is 4.37. The number of aromatic nitrogens is 1. The second kappa shape index (κ2) is 10.2. The number of thiazole rings is 1. The van der Waals surface area contributed by atoms with Crippen LogP contribution in [0.2, 0.25) is 5.02 Å². The normalized spacial score (nSPS) is 14.1. The van der Waals surface area contributed by atoms with E-state index >= 15 is 0 Å². The van der Waals surface area contributed by atoms with Crippen LogP contribution >= 0.6 is 22.9 Å². The van der Waals surface area contributed by atoms with Crippen molar-refractivity contribution >= 4 is 49.1 Å². The minimum Gasteiger partial charge on any atom is -0.338 e. The Morgan fingerprint density at radius 2 is 1.69 bits per heavy atom. The maximum atomic E-state index is 13.1. The van der Waals surface area contributed by atoms with Crippen LogP contribution in [0.1, 0.15) is 29.5 Å². The first-order chi connectivity index (χ1) is 17.3. The second-order valence-corrected chi connectivity index (χ2v) is 11.9. The van der Waals surface area contributed by atoms with Gasteiger partial charge in [0.1, 0.15) is 0 Å². The van der Waals surface area contributed by atoms with Gasteiger partial charge in [-0.1, -0.05) is 59.3 Å². The average Bonchev–Trinajstić information content (AvgIpc) is 3.41. The molecule has 1 amide bonds. The molecular weight excluding hydrogens is 518 g/mol. The van der Waals surface area contributed by atoms with Crippen molar-refractivity contribution in [2.45, 2.75) is 37.4 Å². The highest BCUT2D eigenvalue weighted by Gasteiger charge is 2.22. The van der Waals surface area contributed by atoms with Crippen molar-refractivity contribution in [1.82, 2.24) is 14.2 Å². The Hall–Kier alpha value is -2.98. The molecule has 1 aromatic heterocycles. The Bertz CT molecular complexity index is 1590. The van der Waals surface area contributed by atoms with Gasteiger partial charge in [-0.05, 0) is 53.4 Å². The number of sulfonamides is 1. The summed E-state index contributed by atoms with van der Waals surface area (Å²) >= 11 is 6.97. The highest BCUT2D eigenvalue weighted by atomic mass is 35.5. The average molecular weight is 542 g/mol. The number of carbonyl (C=O) groups is 1. The molecule has 0 spiro atoms. The van der Waals surface area contributed by atoms with Gasteiger partial charge in [0.05, 0.1) is 21.7 Å². The summed E-state index contributed by atoms with van der Waals surface area (Å²) in [7, 11) is -3.82. The summed E-state index contributed by atoms with van der Waals surface area (Å²) in [5.74, 6) is 0.126. The minimum atomic E-state index is -3.82. The number of halogens is 1. The number of amides is 1. The van der Waals surface area contributed by atoms with Crippen molar-refractivity contribution < 1.29 is 13.2 Å². The fraction of sp³-hybridized carbons (Fsp3) is 0.231. The Morgan fingerprint density at radius 3 is 2.42 bits per heavy atom. The number of hydrogen-bond donors (Lipinski definition) is 1. The number of rotatable bonds is 8. The first-order valence-corrected chi connectivity index (χ1v) is 14.2. The molecular formula is C26H24ClN3O4S2. The Kier molecular flexibility index (Phi) is 6.98. The molecule has 0 radical (unpaired) electrons. The van der Waals surface area contributed by atoms with Crippen LogP contribution in [0.25, 0.3) is 10.2 Å². The Labute approximate surface area is 218 Å². The van der Waals surface area contributed by atoms with E-state index in [1.165, 1.54) is 12.1 Å². The van der Waals surface area contributed by atoms with Gasteiger partial charge in [0.2, 0.25) is 15.9 Å². The minimum absolute atomic E-state index is 0.0992. The molecule has 0 saturated carbocycles. The van der Waals surface area contributed by atoms with E-state index < -0.39 is 10.0 Å². The maximum Gasteiger partial charge on any atom is 0.308 e. The molecule has 36 heavy (non-hydrogen) atoms. The number of nitrogens with one attached hydrogen (secondary N) is 1. The van der Waals surface area contributed by atoms with Crippen LogP contribution in [-0.2, 0) is 34.5 Å². The molecule has 1 aliphatic heterocycles. The summed E-state index contributed by atoms with van der Waals surface area (Å²) in [4.78, 5) is 26.4. The lowest BCUT2D eigenvalue weighted by molar-refractivity contribution is -0.128. The van der Waals surface area contributed by atoms with Gasteiger partial charge >= 0.3 is 4.87 Å². The number of benzene rings is 3. The number of hydrogen-bond acceptors (Lipinski definition) is 5. The van der Waals surface area contributed by atoms with Gasteiger partial charge in [0, 0.05) is 31.1 Å². The SMILES string of the molecule is O=C1CCCN1Cc1ccccc1CNS(=O)(=O)c1ccc2c(c1)sc(=O)n2Cc1ccc(Cl)cc1. The molecule has 1 saturated heterocycles. The van der Waals surface area contributed by atoms with E-state index in [1.54, 1.807) is 27.7 Å². The molecule has 10 heteroatoms. The third kappa shape index (κ3) is 5.24. The van der Waals surface area contributed by atoms with Crippen molar-refractivity contribution in [3.8, 4) is 0 Å². The molecule has 0 bridgehead atoms. The molecule has 5 rings (SSSR count). The van der Waals surface area contributed by atoms with Gasteiger partial charge in [-0.2, -0.15) is 0 Å². The number of carbonyl (C=O) groups excluding carboxylic acids is 1. The Morgan fingerprint density at radius 1 is 0.944 bits per heavy atom. The molecule has 2 heterocycles. The molecule has 186 valence electrons. The van der Waals surface area contributed by atoms with Crippen molar-refractivity contribution in [1.29, 1.82) is 0 Å². The molecule has 7 nitrogen and oxygen atoms in total. The molecule has 1 fully saturated rings. The highest BCUT2D eigenvalue weighted by Crippen LogP contribution is 2.24. The lowest BCUT2D eigenvalue weighted by atomic mass is 10.1. The number of likely N-dealkylation sites (tertiary alicyclic amines) is 1. The van der Waals surface area contributed by atoms with Crippen LogP contribution in [0, 0.1) is 0 Å². The monoisotopic (exact) mass is 541 g/mol. The summed E-state index contributed by atoms with van der Waals surface area (Å²) in [5, 5.41) is 0.621. The zero-order valence-corrected chi connectivity index (χ0v) is 21.7. The molecule has 1 N–H and O–H groups in total. The fourth-order valence-corrected chi connectivity index (χ4v) is 6.52. The van der Waals surface area contributed by atoms with Crippen molar-refractivity contribution in [2.75, 3.05) is 6.54 Å². The van der Waals surface area contributed by atoms with Crippen LogP contribution < -0.4 is 9.60 Å². The van der Waals surface area contributed by atoms with Crippen LogP contribution in [-0.4, -0.2) is 30.3 Å². The standard InChI is InChI=1S/C26H24ClN3O4S2/c27-21-9-7-18(8-10-21)16-30-23-12-11-22(14-24(23)35-26(30)32)36(33,34)28-15-19-4-1-2-5-20(19)17-29-13-3-6-25(29)31/h1-2,4-5,7-12,14,28H,3,6,13,15-17H2. The molecule has 4 aromatic rings. The van der Waals surface area contributed by atoms with E-state index in [0.29, 0.717) is 34.7 Å². The van der Waals surface area contributed by atoms with Gasteiger partial charge in [-0.3, -0.25) is 14.2 Å². The fourth-order valence-electron chi connectivity index (χ4n) is 4.35. The maximum absolute atomic E-state index is 13.1. The molecule has 0 aliphatic carbocycles. The van der Waals surface area contributed by atoms with E-state index in [2.05, 4.69) is 4.72 Å². The zero-order valence-electron chi connectivity index (χ0n) is 19.3. The lowest BCUT2D eigenvalue weighted by Gasteiger charge is -2.18. The van der Waals surface area contributed by atoms with Gasteiger partial charge in [0.15, 0.2) is 0 Å². The van der Waals surface area contributed by atoms with Crippen molar-refractivity contribution in [3.05, 3.63) is 98.1 Å². The van der Waals surface area contributed by atoms with E-state index in [0.717, 1.165) is 41.0 Å². The highest BCUT2D eigenvalue weighted by molar-refractivity contribution is 7.89. The summed E-state index contributed by atoms with van der Waals surface area (Å²) in [5.41, 5.74) is 3.34. The lowest BCUT2D eigenvalue weighted by Crippen LogP contribution is -2.27. The quantitative estimate of drug-likeness (QED) is 0.359. The van der Waals surface area contributed by atoms with Crippen LogP contribution in [0.5, 0.6) is 0 Å². The summed E-state index contributed by atoms with van der Waals surface area (Å²) < 4.78 is 31.1. The van der Waals surface area contributed by atoms with Crippen LogP contribution in [0.4, 0.5) is 0 Å². The second-order valence-electron chi connectivity index (χ2n) is 8.72.